The minimum atomic E-state index is -3.67. The van der Waals surface area contributed by atoms with E-state index in [0.29, 0.717) is 50.1 Å². The van der Waals surface area contributed by atoms with Gasteiger partial charge in [-0.15, -0.1) is 0 Å². The number of hydrogen-bond acceptors (Lipinski definition) is 8. The number of anilines is 1. The fraction of sp³-hybridized carbons (Fsp3) is 0.300. The maximum Gasteiger partial charge on any atom is 0.243 e. The van der Waals surface area contributed by atoms with Crippen LogP contribution in [0.15, 0.2) is 82.7 Å². The highest BCUT2D eigenvalue weighted by atomic mass is 32.2. The molecule has 0 unspecified atom stereocenters. The number of aliphatic imine (C=N–C) groups is 1. The Bertz CT molecular complexity index is 1590. The number of morpholine rings is 1. The summed E-state index contributed by atoms with van der Waals surface area (Å²) in [6, 6.07) is 19.5. The van der Waals surface area contributed by atoms with Crippen molar-refractivity contribution in [3.05, 3.63) is 84.2 Å². The van der Waals surface area contributed by atoms with E-state index in [0.717, 1.165) is 23.1 Å². The number of halogens is 1. The van der Waals surface area contributed by atoms with Crippen LogP contribution in [0.4, 0.5) is 15.8 Å². The Kier molecular flexibility index (Phi) is 9.76. The largest absolute Gasteiger partial charge is 0.497 e. The molecule has 10 nitrogen and oxygen atoms in total. The number of nitrogens with one attached hydrogen (secondary N) is 1. The second-order valence-corrected chi connectivity index (χ2v) is 12.9. The average molecular weight is 627 g/mol. The summed E-state index contributed by atoms with van der Waals surface area (Å²) in [5.41, 5.74) is 1.49. The highest BCUT2D eigenvalue weighted by Gasteiger charge is 2.39. The first-order chi connectivity index (χ1) is 20.7. The lowest BCUT2D eigenvalue weighted by Gasteiger charge is -2.26. The molecule has 226 valence electrons. The van der Waals surface area contributed by atoms with Gasteiger partial charge in [-0.3, -0.25) is 14.5 Å². The molecule has 3 aromatic rings. The van der Waals surface area contributed by atoms with Gasteiger partial charge in [-0.2, -0.15) is 4.31 Å². The van der Waals surface area contributed by atoms with Crippen molar-refractivity contribution in [1.29, 1.82) is 0 Å². The van der Waals surface area contributed by atoms with Crippen LogP contribution >= 0.6 is 11.8 Å². The lowest BCUT2D eigenvalue weighted by atomic mass is 10.1. The molecule has 3 aromatic carbocycles. The highest BCUT2D eigenvalue weighted by molar-refractivity contribution is 8.15. The molecule has 0 spiro atoms. The minimum absolute atomic E-state index is 0.0420. The highest BCUT2D eigenvalue weighted by Crippen LogP contribution is 2.33. The Hall–Kier alpha value is -3.78. The molecule has 0 aromatic heterocycles. The van der Waals surface area contributed by atoms with E-state index in [2.05, 4.69) is 10.3 Å². The molecule has 1 N–H and O–H groups in total. The van der Waals surface area contributed by atoms with E-state index in [1.807, 2.05) is 24.3 Å². The number of nitrogens with zero attached hydrogens (tertiary/aromatic N) is 3. The summed E-state index contributed by atoms with van der Waals surface area (Å²) in [5.74, 6) is -0.625. The van der Waals surface area contributed by atoms with Gasteiger partial charge in [0.25, 0.3) is 0 Å². The number of methoxy groups -OCH3 is 1. The lowest BCUT2D eigenvalue weighted by molar-refractivity contribution is -0.128. The maximum absolute atomic E-state index is 14.1. The number of hydrogen-bond donors (Lipinski definition) is 1. The molecule has 5 rings (SSSR count). The molecule has 2 heterocycles. The van der Waals surface area contributed by atoms with E-state index >= 15 is 0 Å². The minimum Gasteiger partial charge on any atom is -0.497 e. The SMILES string of the molecule is COc1ccc(CCN2C(=O)[C@H](CC(=O)Nc3ccccc3F)SC2=Nc2ccc(S(=O)(=O)N3CCOCC3)cc2)cc1. The third-order valence-corrected chi connectivity index (χ3v) is 10.1. The van der Waals surface area contributed by atoms with Gasteiger partial charge in [-0.05, 0) is 60.5 Å². The smallest absolute Gasteiger partial charge is 0.243 e. The standard InChI is InChI=1S/C30H31FN4O6S2/c1-40-23-10-6-21(7-11-23)14-15-35-29(37)27(20-28(36)33-26-5-3-2-4-25(26)31)42-30(35)32-22-8-12-24(13-9-22)43(38,39)34-16-18-41-19-17-34/h2-13,27H,14-20H2,1H3,(H,33,36)/t27-/m0/s1. The van der Waals surface area contributed by atoms with Crippen molar-refractivity contribution in [2.75, 3.05) is 45.3 Å². The average Bonchev–Trinajstić information content (AvgIpc) is 3.30. The Morgan fingerprint density at radius 3 is 2.44 bits per heavy atom. The van der Waals surface area contributed by atoms with Gasteiger partial charge < -0.3 is 14.8 Å². The Labute approximate surface area is 253 Å². The van der Waals surface area contributed by atoms with Gasteiger partial charge in [0.05, 0.1) is 36.6 Å². The zero-order chi connectivity index (χ0) is 30.4. The van der Waals surface area contributed by atoms with Gasteiger partial charge in [0.15, 0.2) is 5.17 Å². The number of sulfonamides is 1. The molecule has 0 saturated carbocycles. The van der Waals surface area contributed by atoms with E-state index in [-0.39, 0.29) is 22.9 Å². The molecule has 1 atom stereocenters. The van der Waals surface area contributed by atoms with Crippen LogP contribution < -0.4 is 10.1 Å². The monoisotopic (exact) mass is 626 g/mol. The van der Waals surface area contributed by atoms with Gasteiger partial charge in [0, 0.05) is 26.1 Å². The van der Waals surface area contributed by atoms with E-state index in [1.54, 1.807) is 25.3 Å². The van der Waals surface area contributed by atoms with Crippen LogP contribution in [0, 0.1) is 5.82 Å². The number of carbonyl (C=O) groups is 2. The van der Waals surface area contributed by atoms with Gasteiger partial charge in [0.2, 0.25) is 21.8 Å². The topological polar surface area (TPSA) is 118 Å². The zero-order valence-electron chi connectivity index (χ0n) is 23.4. The van der Waals surface area contributed by atoms with Gasteiger partial charge >= 0.3 is 0 Å². The molecule has 2 amide bonds. The first-order valence-corrected chi connectivity index (χ1v) is 16.0. The van der Waals surface area contributed by atoms with Crippen molar-refractivity contribution in [1.82, 2.24) is 9.21 Å². The summed E-state index contributed by atoms with van der Waals surface area (Å²) < 4.78 is 51.9. The quantitative estimate of drug-likeness (QED) is 0.361. The number of carbonyl (C=O) groups excluding carboxylic acids is 2. The molecular formula is C30H31FN4O6S2. The first kappa shape index (κ1) is 30.7. The van der Waals surface area contributed by atoms with Crippen molar-refractivity contribution in [2.45, 2.75) is 23.0 Å². The molecule has 2 aliphatic rings. The third-order valence-electron chi connectivity index (χ3n) is 6.99. The number of rotatable bonds is 10. The summed E-state index contributed by atoms with van der Waals surface area (Å²) in [6.45, 7) is 1.59. The predicted molar refractivity (Wildman–Crippen MR) is 163 cm³/mol. The Morgan fingerprint density at radius 2 is 1.77 bits per heavy atom. The van der Waals surface area contributed by atoms with Crippen LogP contribution in [0.1, 0.15) is 12.0 Å². The van der Waals surface area contributed by atoms with E-state index in [1.165, 1.54) is 39.5 Å². The summed E-state index contributed by atoms with van der Waals surface area (Å²) >= 11 is 1.15. The fourth-order valence-electron chi connectivity index (χ4n) is 4.64. The van der Waals surface area contributed by atoms with Gasteiger partial charge in [-0.25, -0.2) is 17.8 Å². The van der Waals surface area contributed by atoms with Gasteiger partial charge in [0.1, 0.15) is 16.8 Å². The molecular weight excluding hydrogens is 595 g/mol. The number of ether oxygens (including phenoxy) is 2. The molecule has 2 aliphatic heterocycles. The fourth-order valence-corrected chi connectivity index (χ4v) is 7.23. The van der Waals surface area contributed by atoms with Crippen LogP contribution in [0.3, 0.4) is 0 Å². The molecule has 43 heavy (non-hydrogen) atoms. The Morgan fingerprint density at radius 1 is 1.07 bits per heavy atom. The molecule has 0 aliphatic carbocycles. The molecule has 2 fully saturated rings. The molecule has 13 heteroatoms. The number of thioether (sulfide) groups is 1. The second-order valence-electron chi connectivity index (χ2n) is 9.83. The third kappa shape index (κ3) is 7.42. The number of amides is 2. The van der Waals surface area contributed by atoms with Crippen molar-refractivity contribution in [3.63, 3.8) is 0 Å². The lowest BCUT2D eigenvalue weighted by Crippen LogP contribution is -2.40. The van der Waals surface area contributed by atoms with Crippen LogP contribution in [0.25, 0.3) is 0 Å². The van der Waals surface area contributed by atoms with Crippen LogP contribution in [0.5, 0.6) is 5.75 Å². The van der Waals surface area contributed by atoms with Gasteiger partial charge in [-0.1, -0.05) is 36.0 Å². The molecule has 2 saturated heterocycles. The van der Waals surface area contributed by atoms with E-state index < -0.39 is 27.0 Å². The predicted octanol–water partition coefficient (Wildman–Crippen LogP) is 4.06. The normalized spacial score (nSPS) is 18.7. The van der Waals surface area contributed by atoms with E-state index in [4.69, 9.17) is 9.47 Å². The van der Waals surface area contributed by atoms with E-state index in [9.17, 15) is 22.4 Å². The molecule has 0 bridgehead atoms. The summed E-state index contributed by atoms with van der Waals surface area (Å²) in [4.78, 5) is 32.6. The summed E-state index contributed by atoms with van der Waals surface area (Å²) in [6.07, 6.45) is 0.354. The number of para-hydroxylation sites is 1. The first-order valence-electron chi connectivity index (χ1n) is 13.7. The number of benzene rings is 3. The van der Waals surface area contributed by atoms with Crippen LogP contribution in [-0.4, -0.2) is 79.8 Å². The van der Waals surface area contributed by atoms with Crippen molar-refractivity contribution >= 4 is 50.1 Å². The second kappa shape index (κ2) is 13.7. The number of amidine groups is 1. The molecule has 0 radical (unpaired) electrons. The summed E-state index contributed by atoms with van der Waals surface area (Å²) in [5, 5.41) is 2.17. The van der Waals surface area contributed by atoms with Crippen LogP contribution in [0.2, 0.25) is 0 Å². The summed E-state index contributed by atoms with van der Waals surface area (Å²) in [7, 11) is -2.08. The van der Waals surface area contributed by atoms with Crippen LogP contribution in [-0.2, 0) is 30.8 Å². The van der Waals surface area contributed by atoms with Crippen molar-refractivity contribution in [3.8, 4) is 5.75 Å². The maximum atomic E-state index is 14.1. The van der Waals surface area contributed by atoms with Crippen molar-refractivity contribution in [2.24, 2.45) is 4.99 Å². The Balaban J connectivity index is 1.34. The van der Waals surface area contributed by atoms with Crippen molar-refractivity contribution < 1.29 is 31.9 Å². The zero-order valence-corrected chi connectivity index (χ0v) is 25.1.